The third-order valence-corrected chi connectivity index (χ3v) is 3.83. The van der Waals surface area contributed by atoms with Crippen LogP contribution >= 0.6 is 0 Å². The van der Waals surface area contributed by atoms with Crippen molar-refractivity contribution in [1.82, 2.24) is 0 Å². The van der Waals surface area contributed by atoms with Gasteiger partial charge in [0.2, 0.25) is 0 Å². The zero-order valence-electron chi connectivity index (χ0n) is 12.4. The molecular weight excluding hydrogens is 264 g/mol. The van der Waals surface area contributed by atoms with Gasteiger partial charge in [-0.05, 0) is 42.9 Å². The van der Waals surface area contributed by atoms with Crippen LogP contribution in [0, 0.1) is 0 Å². The van der Waals surface area contributed by atoms with E-state index in [2.05, 4.69) is 43.9 Å². The van der Waals surface area contributed by atoms with Crippen LogP contribution in [-0.2, 0) is 17.6 Å². The van der Waals surface area contributed by atoms with Gasteiger partial charge in [-0.3, -0.25) is 0 Å². The highest BCUT2D eigenvalue weighted by atomic mass is 28.4. The molecule has 2 aromatic rings. The lowest BCUT2D eigenvalue weighted by Crippen LogP contribution is -2.24. The molecule has 0 N–H and O–H groups in total. The van der Waals surface area contributed by atoms with Gasteiger partial charge in [0.15, 0.2) is 8.32 Å². The Kier molecular flexibility index (Phi) is 4.98. The van der Waals surface area contributed by atoms with Gasteiger partial charge in [0.1, 0.15) is 12.4 Å². The Balaban J connectivity index is 1.92. The summed E-state index contributed by atoms with van der Waals surface area (Å²) in [5, 5.41) is 0. The average molecular weight is 286 g/mol. The Labute approximate surface area is 122 Å². The first-order valence-electron chi connectivity index (χ1n) is 6.92. The second-order valence-electron chi connectivity index (χ2n) is 5.82. The summed E-state index contributed by atoms with van der Waals surface area (Å²) < 4.78 is 11.7. The summed E-state index contributed by atoms with van der Waals surface area (Å²) in [6.07, 6.45) is 0. The second-order valence-corrected chi connectivity index (χ2v) is 10.3. The van der Waals surface area contributed by atoms with Crippen LogP contribution in [0.3, 0.4) is 0 Å². The van der Waals surface area contributed by atoms with Crippen molar-refractivity contribution in [3.05, 3.63) is 65.7 Å². The molecule has 2 rings (SSSR count). The van der Waals surface area contributed by atoms with Gasteiger partial charge >= 0.3 is 0 Å². The molecule has 0 aromatic heterocycles. The first kappa shape index (κ1) is 14.8. The summed E-state index contributed by atoms with van der Waals surface area (Å²) >= 11 is 0. The van der Waals surface area contributed by atoms with Crippen molar-refractivity contribution >= 4 is 8.32 Å². The number of hydrogen-bond acceptors (Lipinski definition) is 2. The van der Waals surface area contributed by atoms with Crippen molar-refractivity contribution in [2.75, 3.05) is 0 Å². The van der Waals surface area contributed by atoms with E-state index in [1.54, 1.807) is 0 Å². The molecule has 0 fully saturated rings. The van der Waals surface area contributed by atoms with E-state index >= 15 is 0 Å². The number of benzene rings is 2. The zero-order valence-corrected chi connectivity index (χ0v) is 13.4. The lowest BCUT2D eigenvalue weighted by atomic mass is 10.2. The smallest absolute Gasteiger partial charge is 0.184 e. The lowest BCUT2D eigenvalue weighted by Gasteiger charge is -2.17. The van der Waals surface area contributed by atoms with Crippen LogP contribution < -0.4 is 4.74 Å². The quantitative estimate of drug-likeness (QED) is 0.722. The van der Waals surface area contributed by atoms with E-state index in [1.807, 2.05) is 30.3 Å². The van der Waals surface area contributed by atoms with Gasteiger partial charge in [-0.25, -0.2) is 0 Å². The Bertz CT molecular complexity index is 532. The Morgan fingerprint density at radius 3 is 2.20 bits per heavy atom. The molecule has 3 heteroatoms. The molecule has 106 valence electrons. The van der Waals surface area contributed by atoms with E-state index in [-0.39, 0.29) is 0 Å². The third kappa shape index (κ3) is 5.19. The van der Waals surface area contributed by atoms with Crippen molar-refractivity contribution in [2.24, 2.45) is 0 Å². The van der Waals surface area contributed by atoms with Gasteiger partial charge in [-0.1, -0.05) is 42.5 Å². The summed E-state index contributed by atoms with van der Waals surface area (Å²) in [6, 6.07) is 18.3. The van der Waals surface area contributed by atoms with Gasteiger partial charge in [0.25, 0.3) is 0 Å². The molecule has 2 aromatic carbocycles. The van der Waals surface area contributed by atoms with Crippen LogP contribution in [0.25, 0.3) is 0 Å². The monoisotopic (exact) mass is 286 g/mol. The molecule has 0 atom stereocenters. The molecule has 20 heavy (non-hydrogen) atoms. The zero-order chi connectivity index (χ0) is 14.4. The maximum atomic E-state index is 5.92. The standard InChI is InChI=1S/C17H22O2Si/c1-20(2,3)19-14-16-10-7-11-17(12-16)18-13-15-8-5-4-6-9-15/h4-12H,13-14H2,1-3H3. The predicted octanol–water partition coefficient (Wildman–Crippen LogP) is 4.62. The minimum absolute atomic E-state index is 0.596. The number of rotatable bonds is 6. The van der Waals surface area contributed by atoms with E-state index in [0.29, 0.717) is 13.2 Å². The van der Waals surface area contributed by atoms with Gasteiger partial charge < -0.3 is 9.16 Å². The van der Waals surface area contributed by atoms with Crippen LogP contribution in [0.15, 0.2) is 54.6 Å². The van der Waals surface area contributed by atoms with Crippen molar-refractivity contribution < 1.29 is 9.16 Å². The van der Waals surface area contributed by atoms with Gasteiger partial charge in [0.05, 0.1) is 6.61 Å². The van der Waals surface area contributed by atoms with E-state index in [1.165, 1.54) is 5.56 Å². The molecular formula is C17H22O2Si. The fourth-order valence-electron chi connectivity index (χ4n) is 1.77. The van der Waals surface area contributed by atoms with Crippen LogP contribution in [-0.4, -0.2) is 8.32 Å². The second kappa shape index (κ2) is 6.73. The SMILES string of the molecule is C[Si](C)(C)OCc1cccc(OCc2ccccc2)c1. The summed E-state index contributed by atoms with van der Waals surface area (Å²) in [6.45, 7) is 7.85. The normalized spacial score (nSPS) is 11.3. The lowest BCUT2D eigenvalue weighted by molar-refractivity contribution is 0.292. The third-order valence-electron chi connectivity index (χ3n) is 2.82. The van der Waals surface area contributed by atoms with E-state index in [9.17, 15) is 0 Å². The van der Waals surface area contributed by atoms with Crippen LogP contribution in [0.1, 0.15) is 11.1 Å². The topological polar surface area (TPSA) is 18.5 Å². The fraction of sp³-hybridized carbons (Fsp3) is 0.294. The van der Waals surface area contributed by atoms with Crippen LogP contribution in [0.4, 0.5) is 0 Å². The fourth-order valence-corrected chi connectivity index (χ4v) is 2.37. The van der Waals surface area contributed by atoms with E-state index in [0.717, 1.165) is 11.3 Å². The Morgan fingerprint density at radius 1 is 0.800 bits per heavy atom. The highest BCUT2D eigenvalue weighted by Crippen LogP contribution is 2.17. The number of ether oxygens (including phenoxy) is 1. The molecule has 0 aliphatic rings. The first-order valence-corrected chi connectivity index (χ1v) is 10.3. The van der Waals surface area contributed by atoms with E-state index in [4.69, 9.17) is 9.16 Å². The summed E-state index contributed by atoms with van der Waals surface area (Å²) in [5.74, 6) is 0.894. The van der Waals surface area contributed by atoms with Gasteiger partial charge in [-0.2, -0.15) is 0 Å². The Hall–Kier alpha value is -1.58. The average Bonchev–Trinajstić information content (AvgIpc) is 2.44. The molecule has 0 spiro atoms. The maximum absolute atomic E-state index is 5.92. The van der Waals surface area contributed by atoms with Crippen molar-refractivity contribution in [3.8, 4) is 5.75 Å². The molecule has 0 heterocycles. The largest absolute Gasteiger partial charge is 0.489 e. The first-order chi connectivity index (χ1) is 9.53. The van der Waals surface area contributed by atoms with Crippen molar-refractivity contribution in [2.45, 2.75) is 32.9 Å². The van der Waals surface area contributed by atoms with Crippen LogP contribution in [0.5, 0.6) is 5.75 Å². The van der Waals surface area contributed by atoms with Crippen LogP contribution in [0.2, 0.25) is 19.6 Å². The van der Waals surface area contributed by atoms with Gasteiger partial charge in [-0.15, -0.1) is 0 Å². The van der Waals surface area contributed by atoms with Crippen molar-refractivity contribution in [1.29, 1.82) is 0 Å². The van der Waals surface area contributed by atoms with Gasteiger partial charge in [0, 0.05) is 0 Å². The summed E-state index contributed by atoms with van der Waals surface area (Å²) in [5.41, 5.74) is 2.34. The molecule has 0 radical (unpaired) electrons. The molecule has 2 nitrogen and oxygen atoms in total. The highest BCUT2D eigenvalue weighted by molar-refractivity contribution is 6.69. The maximum Gasteiger partial charge on any atom is 0.184 e. The highest BCUT2D eigenvalue weighted by Gasteiger charge is 2.13. The van der Waals surface area contributed by atoms with E-state index < -0.39 is 8.32 Å². The van der Waals surface area contributed by atoms with Crippen molar-refractivity contribution in [3.63, 3.8) is 0 Å². The minimum Gasteiger partial charge on any atom is -0.489 e. The molecule has 0 amide bonds. The molecule has 0 unspecified atom stereocenters. The summed E-state index contributed by atoms with van der Waals surface area (Å²) in [7, 11) is -1.47. The summed E-state index contributed by atoms with van der Waals surface area (Å²) in [4.78, 5) is 0. The number of hydrogen-bond donors (Lipinski definition) is 0. The predicted molar refractivity (Wildman–Crippen MR) is 85.4 cm³/mol. The molecule has 0 saturated heterocycles. The minimum atomic E-state index is -1.47. The molecule has 0 aliphatic carbocycles. The molecule has 0 bridgehead atoms. The molecule has 0 saturated carbocycles. The Morgan fingerprint density at radius 2 is 1.50 bits per heavy atom. The molecule has 0 aliphatic heterocycles.